The molecule has 0 amide bonds. The van der Waals surface area contributed by atoms with Crippen LogP contribution < -0.4 is 85.1 Å². The van der Waals surface area contributed by atoms with E-state index in [-0.39, 0.29) is 128 Å². The average molecular weight is 1520 g/mol. The molecule has 36 atom stereocenters. The topological polar surface area (TPSA) is 375 Å². The van der Waals surface area contributed by atoms with Gasteiger partial charge in [-0.05, 0) is 186 Å². The molecule has 1 radical (unpaired) electrons. The Morgan fingerprint density at radius 1 is 0.216 bits per heavy atom. The maximum atomic E-state index is 13.3. The van der Waals surface area contributed by atoms with Gasteiger partial charge in [-0.1, -0.05) is 77.0 Å². The predicted octanol–water partition coefficient (Wildman–Crippen LogP) is 1.35. The van der Waals surface area contributed by atoms with Crippen molar-refractivity contribution in [3.05, 3.63) is 0 Å². The second kappa shape index (κ2) is 28.1. The van der Waals surface area contributed by atoms with Crippen LogP contribution in [0.15, 0.2) is 0 Å². The van der Waals surface area contributed by atoms with E-state index >= 15 is 0 Å². The Bertz CT molecular complexity index is 3110. The summed E-state index contributed by atoms with van der Waals surface area (Å²) in [5, 5.41) is 57.1. The molecule has 18 fully saturated rings. The second-order valence-corrected chi connectivity index (χ2v) is 42.3. The third-order valence-electron chi connectivity index (χ3n) is 29.2. The SMILES string of the molecule is O=S(=O)([O-])C1CCC2C3NC4NC(NC5NC(NC6NC(NC(N3)C2C1S(=O)(=O)Cl)C1CCCCC61)C1CCCCC51)C1CCCCC41.O=S(=O)([O-])C1CCC2C3NC4NC(NC5NC(NC6NC(NC(N3)C2C1S(=O)(=O)Cl)C1CCCCC61)C1CCCCC51)C1CCCCC41.[Cu+2]. The van der Waals surface area contributed by atoms with Crippen LogP contribution in [0.25, 0.3) is 0 Å². The fraction of sp³-hybridized carbons (Fsp3) is 1.00. The first-order chi connectivity index (χ1) is 46.1. The standard InChI is InChI=1S/2C32H55ClN8O5S2.Cu/c2*33-47(42,43)24-22(48(44,45)46)14-13-21-23(24)32-40-30-20-12-6-5-11-19(20)28(38-30)36-26-16-8-2-1-7-15(16)25(34-26)35-27-17-9-3-4-10-18(17)29(37-27)39-31(21)41-32;/h2*15-32,34-41H,1-14H2,(H,44,45,46);/q;;+2/p-2. The number of hydrogen-bond acceptors (Lipinski definition) is 26. The zero-order valence-electron chi connectivity index (χ0n) is 55.4. The van der Waals surface area contributed by atoms with E-state index in [1.165, 1.54) is 89.9 Å². The third kappa shape index (κ3) is 13.4. The fourth-order valence-electron chi connectivity index (χ4n) is 25.3. The molecular formula is C64H108Cl2CuN16O10S4. The Hall–Kier alpha value is 0.179. The molecular weight excluding hydrogens is 1420 g/mol. The Morgan fingerprint density at radius 3 is 0.505 bits per heavy atom. The van der Waals surface area contributed by atoms with Gasteiger partial charge in [0.2, 0.25) is 18.1 Å². The van der Waals surface area contributed by atoms with Gasteiger partial charge in [0, 0.05) is 33.2 Å². The summed E-state index contributed by atoms with van der Waals surface area (Å²) in [5.74, 6) is 3.79. The first-order valence-electron chi connectivity index (χ1n) is 38.0. The smallest absolute Gasteiger partial charge is 0.748 e. The van der Waals surface area contributed by atoms with Crippen molar-refractivity contribution in [2.24, 2.45) is 94.7 Å². The molecule has 16 N–H and O–H groups in total. The molecule has 16 bridgehead atoms. The molecule has 0 spiro atoms. The molecule has 18 aliphatic rings. The Kier molecular flexibility index (Phi) is 20.7. The van der Waals surface area contributed by atoms with E-state index in [4.69, 9.17) is 21.4 Å². The first-order valence-corrected chi connectivity index (χ1v) is 45.7. The van der Waals surface area contributed by atoms with Crippen molar-refractivity contribution in [3.8, 4) is 0 Å². The summed E-state index contributed by atoms with van der Waals surface area (Å²) in [6, 6.07) is 0. The number of hydrogen-bond donors (Lipinski definition) is 16. The van der Waals surface area contributed by atoms with E-state index in [0.29, 0.717) is 83.9 Å². The van der Waals surface area contributed by atoms with Crippen molar-refractivity contribution in [2.45, 2.75) is 299 Å². The van der Waals surface area contributed by atoms with Crippen molar-refractivity contribution < 1.29 is 59.8 Å². The molecule has 26 nitrogen and oxygen atoms in total. The maximum absolute atomic E-state index is 13.3. The van der Waals surface area contributed by atoms with Crippen LogP contribution >= 0.6 is 21.4 Å². The van der Waals surface area contributed by atoms with Gasteiger partial charge in [-0.3, -0.25) is 85.1 Å². The Morgan fingerprint density at radius 2 is 0.361 bits per heavy atom. The molecule has 0 aromatic rings. The van der Waals surface area contributed by atoms with Crippen molar-refractivity contribution in [3.63, 3.8) is 0 Å². The van der Waals surface area contributed by atoms with Crippen molar-refractivity contribution in [2.75, 3.05) is 0 Å². The van der Waals surface area contributed by atoms with Crippen LogP contribution in [0.4, 0.5) is 0 Å². The molecule has 0 aromatic carbocycles. The average Bonchev–Trinajstić information content (AvgIpc) is 1.64. The Labute approximate surface area is 594 Å². The predicted molar refractivity (Wildman–Crippen MR) is 360 cm³/mol. The molecule has 97 heavy (non-hydrogen) atoms. The third-order valence-corrected chi connectivity index (χ3v) is 35.9. The van der Waals surface area contributed by atoms with Crippen LogP contribution in [-0.4, -0.2) is 162 Å². The number of fused-ring (bicyclic) bond motifs is 40. The van der Waals surface area contributed by atoms with E-state index in [2.05, 4.69) is 85.1 Å². The van der Waals surface area contributed by atoms with Crippen molar-refractivity contribution >= 4 is 59.7 Å². The fourth-order valence-corrected chi connectivity index (χ4v) is 33.1. The van der Waals surface area contributed by atoms with Gasteiger partial charge in [-0.2, -0.15) is 0 Å². The van der Waals surface area contributed by atoms with Crippen LogP contribution in [0.1, 0.15) is 180 Å². The van der Waals surface area contributed by atoms with Crippen molar-refractivity contribution in [1.82, 2.24) is 85.1 Å². The maximum Gasteiger partial charge on any atom is 2.00 e. The molecule has 553 valence electrons. The molecule has 10 heterocycles. The van der Waals surface area contributed by atoms with Gasteiger partial charge >= 0.3 is 17.1 Å². The van der Waals surface area contributed by atoms with Gasteiger partial charge in [0.25, 0.3) is 0 Å². The minimum absolute atomic E-state index is 0. The number of rotatable bonds is 4. The molecule has 8 saturated carbocycles. The van der Waals surface area contributed by atoms with Gasteiger partial charge in [0.1, 0.15) is 0 Å². The second-order valence-electron chi connectivity index (χ2n) is 33.6. The zero-order chi connectivity index (χ0) is 65.9. The summed E-state index contributed by atoms with van der Waals surface area (Å²) in [6.45, 7) is 0. The zero-order valence-corrected chi connectivity index (χ0v) is 61.1. The van der Waals surface area contributed by atoms with Crippen molar-refractivity contribution in [1.29, 1.82) is 0 Å². The van der Waals surface area contributed by atoms with Gasteiger partial charge in [0.05, 0.1) is 140 Å². The van der Waals surface area contributed by atoms with E-state index in [9.17, 15) is 42.8 Å². The minimum atomic E-state index is -4.90. The normalized spacial score (nSPS) is 53.2. The molecule has 10 aliphatic heterocycles. The first kappa shape index (κ1) is 71.4. The summed E-state index contributed by atoms with van der Waals surface area (Å²) in [7, 11) is -6.34. The minimum Gasteiger partial charge on any atom is -0.748 e. The van der Waals surface area contributed by atoms with Crippen LogP contribution in [0, 0.1) is 94.7 Å². The Balaban J connectivity index is 0.000000151. The summed E-state index contributed by atoms with van der Waals surface area (Å²) in [6.07, 6.45) is 28.8. The van der Waals surface area contributed by atoms with Crippen LogP contribution in [0.3, 0.4) is 0 Å². The quantitative estimate of drug-likeness (QED) is 0.107. The van der Waals surface area contributed by atoms with Gasteiger partial charge < -0.3 is 9.11 Å². The molecule has 8 aliphatic carbocycles. The van der Waals surface area contributed by atoms with Gasteiger partial charge in [-0.15, -0.1) is 0 Å². The van der Waals surface area contributed by atoms with E-state index < -0.39 is 83.5 Å². The summed E-state index contributed by atoms with van der Waals surface area (Å²) < 4.78 is 129. The number of nitrogens with one attached hydrogen (secondary N) is 16. The molecule has 36 unspecified atom stereocenters. The van der Waals surface area contributed by atoms with E-state index in [1.54, 1.807) is 0 Å². The summed E-state index contributed by atoms with van der Waals surface area (Å²) in [4.78, 5) is 0. The van der Waals surface area contributed by atoms with Gasteiger partial charge in [0.15, 0.2) is 0 Å². The largest absolute Gasteiger partial charge is 2.00 e. The van der Waals surface area contributed by atoms with Gasteiger partial charge in [-0.25, -0.2) is 33.7 Å². The summed E-state index contributed by atoms with van der Waals surface area (Å²) in [5.41, 5.74) is 0. The van der Waals surface area contributed by atoms with Crippen LogP contribution in [0.2, 0.25) is 0 Å². The molecule has 0 aromatic heterocycles. The molecule has 18 rings (SSSR count). The monoisotopic (exact) mass is 1520 g/mol. The molecule has 33 heteroatoms. The van der Waals surface area contributed by atoms with Crippen LogP contribution in [-0.2, 0) is 55.4 Å². The summed E-state index contributed by atoms with van der Waals surface area (Å²) >= 11 is 0. The van der Waals surface area contributed by atoms with E-state index in [1.807, 2.05) is 0 Å². The van der Waals surface area contributed by atoms with E-state index in [0.717, 1.165) is 64.2 Å². The van der Waals surface area contributed by atoms with Crippen LogP contribution in [0.5, 0.6) is 0 Å². The molecule has 10 saturated heterocycles. The number of halogens is 2.